The zero-order valence-corrected chi connectivity index (χ0v) is 22.1. The van der Waals surface area contributed by atoms with Gasteiger partial charge in [-0.25, -0.2) is 9.97 Å². The number of amides is 2. The van der Waals surface area contributed by atoms with Crippen molar-refractivity contribution in [2.45, 2.75) is 51.1 Å². The number of aromatic nitrogens is 4. The number of nitrogens with two attached hydrogens (primary N) is 2. The van der Waals surface area contributed by atoms with Crippen LogP contribution >= 0.6 is 11.3 Å². The fraction of sp³-hybridized carbons (Fsp3) is 0.333. The van der Waals surface area contributed by atoms with Gasteiger partial charge < -0.3 is 20.8 Å². The summed E-state index contributed by atoms with van der Waals surface area (Å²) in [5, 5.41) is 11.2. The van der Waals surface area contributed by atoms with E-state index in [1.165, 1.54) is 6.07 Å². The van der Waals surface area contributed by atoms with Crippen molar-refractivity contribution in [2.24, 2.45) is 11.5 Å². The highest BCUT2D eigenvalue weighted by molar-refractivity contribution is 7.09. The summed E-state index contributed by atoms with van der Waals surface area (Å²) in [6.07, 6.45) is 3.00. The molecular formula is C27H29N7O3S. The molecule has 0 spiro atoms. The minimum atomic E-state index is -0.944. The van der Waals surface area contributed by atoms with Gasteiger partial charge in [0.05, 0.1) is 17.3 Å². The number of rotatable bonds is 8. The second-order valence-electron chi connectivity index (χ2n) is 9.67. The average Bonchev–Trinajstić information content (AvgIpc) is 3.68. The summed E-state index contributed by atoms with van der Waals surface area (Å²) in [5.41, 5.74) is 13.5. The zero-order chi connectivity index (χ0) is 26.9. The van der Waals surface area contributed by atoms with E-state index in [4.69, 9.17) is 20.9 Å². The summed E-state index contributed by atoms with van der Waals surface area (Å²) >= 11 is 1.56. The number of aryl methyl sites for hydroxylation is 1. The second kappa shape index (κ2) is 10.4. The summed E-state index contributed by atoms with van der Waals surface area (Å²) in [6.45, 7) is 4.44. The first kappa shape index (κ1) is 25.7. The number of pyridine rings is 1. The molecule has 196 valence electrons. The Morgan fingerprint density at radius 1 is 1.18 bits per heavy atom. The smallest absolute Gasteiger partial charge is 0.267 e. The van der Waals surface area contributed by atoms with Gasteiger partial charge in [0.1, 0.15) is 16.4 Å². The van der Waals surface area contributed by atoms with Crippen molar-refractivity contribution in [1.29, 1.82) is 0 Å². The van der Waals surface area contributed by atoms with E-state index in [-0.39, 0.29) is 40.7 Å². The Labute approximate surface area is 224 Å². The maximum atomic E-state index is 13.7. The molecule has 0 radical (unpaired) electrons. The lowest BCUT2D eigenvalue weighted by atomic mass is 9.94. The quantitative estimate of drug-likeness (QED) is 0.349. The Bertz CT molecular complexity index is 1460. The molecule has 0 aliphatic carbocycles. The van der Waals surface area contributed by atoms with E-state index in [2.05, 4.69) is 22.1 Å². The number of likely N-dealkylation sites (tertiary alicyclic amines) is 1. The zero-order valence-electron chi connectivity index (χ0n) is 21.3. The van der Waals surface area contributed by atoms with Crippen LogP contribution in [0.4, 0.5) is 0 Å². The van der Waals surface area contributed by atoms with Crippen LogP contribution < -0.4 is 11.5 Å². The van der Waals surface area contributed by atoms with Crippen molar-refractivity contribution in [3.05, 3.63) is 81.3 Å². The molecule has 1 fully saturated rings. The summed E-state index contributed by atoms with van der Waals surface area (Å²) in [6, 6.07) is 12.6. The van der Waals surface area contributed by atoms with Gasteiger partial charge in [-0.05, 0) is 50.3 Å². The van der Waals surface area contributed by atoms with Crippen LogP contribution in [0.25, 0.3) is 11.6 Å². The van der Waals surface area contributed by atoms with Gasteiger partial charge in [0.2, 0.25) is 5.89 Å². The highest BCUT2D eigenvalue weighted by Crippen LogP contribution is 2.35. The molecule has 5 rings (SSSR count). The predicted molar refractivity (Wildman–Crippen MR) is 142 cm³/mol. The number of benzene rings is 1. The first-order valence-corrected chi connectivity index (χ1v) is 13.4. The lowest BCUT2D eigenvalue weighted by Gasteiger charge is -2.23. The van der Waals surface area contributed by atoms with Crippen molar-refractivity contribution in [1.82, 2.24) is 25.1 Å². The van der Waals surface area contributed by atoms with Crippen LogP contribution in [0.5, 0.6) is 0 Å². The number of carbonyl (C=O) groups is 2. The fourth-order valence-corrected chi connectivity index (χ4v) is 5.66. The predicted octanol–water partition coefficient (Wildman–Crippen LogP) is 3.64. The van der Waals surface area contributed by atoms with Crippen LogP contribution in [0.2, 0.25) is 0 Å². The number of hydrogen-bond donors (Lipinski definition) is 2. The van der Waals surface area contributed by atoms with Gasteiger partial charge in [-0.1, -0.05) is 37.3 Å². The van der Waals surface area contributed by atoms with Gasteiger partial charge in [0.15, 0.2) is 0 Å². The van der Waals surface area contributed by atoms with Crippen LogP contribution in [0.15, 0.2) is 52.3 Å². The van der Waals surface area contributed by atoms with Gasteiger partial charge in [0.25, 0.3) is 17.7 Å². The molecule has 0 saturated carbocycles. The molecule has 1 aliphatic rings. The van der Waals surface area contributed by atoms with Crippen molar-refractivity contribution in [3.63, 3.8) is 0 Å². The second-order valence-corrected chi connectivity index (χ2v) is 10.6. The SMILES string of the molecule is CCc1csc(C2CCCN2C(=O)c2cc(C(N)=O)nc(-c3nnc(C(C)(N)Cc4ccccc4)o3)c2)n1. The van der Waals surface area contributed by atoms with Crippen molar-refractivity contribution < 1.29 is 14.0 Å². The number of primary amides is 1. The van der Waals surface area contributed by atoms with E-state index in [0.717, 1.165) is 35.5 Å². The molecule has 3 aromatic heterocycles. The van der Waals surface area contributed by atoms with Crippen molar-refractivity contribution >= 4 is 23.2 Å². The molecule has 1 aromatic carbocycles. The van der Waals surface area contributed by atoms with E-state index in [9.17, 15) is 9.59 Å². The van der Waals surface area contributed by atoms with Crippen LogP contribution in [0.3, 0.4) is 0 Å². The number of thiazole rings is 1. The number of hydrogen-bond acceptors (Lipinski definition) is 9. The van der Waals surface area contributed by atoms with E-state index < -0.39 is 11.4 Å². The van der Waals surface area contributed by atoms with Gasteiger partial charge >= 0.3 is 0 Å². The Kier molecular flexibility index (Phi) is 7.04. The number of nitrogens with zero attached hydrogens (tertiary/aromatic N) is 5. The number of carbonyl (C=O) groups excluding carboxylic acids is 2. The summed E-state index contributed by atoms with van der Waals surface area (Å²) < 4.78 is 5.91. The molecule has 4 heterocycles. The Hall–Kier alpha value is -3.96. The molecule has 1 aliphatic heterocycles. The Morgan fingerprint density at radius 2 is 1.97 bits per heavy atom. The van der Waals surface area contributed by atoms with Gasteiger partial charge in [-0.15, -0.1) is 21.5 Å². The molecular weight excluding hydrogens is 502 g/mol. The molecule has 2 atom stereocenters. The van der Waals surface area contributed by atoms with E-state index >= 15 is 0 Å². The summed E-state index contributed by atoms with van der Waals surface area (Å²) in [7, 11) is 0. The maximum Gasteiger partial charge on any atom is 0.267 e. The van der Waals surface area contributed by atoms with E-state index in [1.54, 1.807) is 29.2 Å². The van der Waals surface area contributed by atoms with Crippen LogP contribution in [-0.2, 0) is 18.4 Å². The third kappa shape index (κ3) is 5.20. The highest BCUT2D eigenvalue weighted by atomic mass is 32.1. The monoisotopic (exact) mass is 531 g/mol. The molecule has 10 nitrogen and oxygen atoms in total. The normalized spacial score (nSPS) is 16.9. The first-order valence-electron chi connectivity index (χ1n) is 12.5. The summed E-state index contributed by atoms with van der Waals surface area (Å²) in [4.78, 5) is 36.6. The van der Waals surface area contributed by atoms with Crippen LogP contribution in [0.1, 0.15) is 75.7 Å². The minimum absolute atomic E-state index is 0.0485. The lowest BCUT2D eigenvalue weighted by Crippen LogP contribution is -2.35. The minimum Gasteiger partial charge on any atom is -0.417 e. The van der Waals surface area contributed by atoms with Crippen LogP contribution in [0, 0.1) is 0 Å². The van der Waals surface area contributed by atoms with E-state index in [0.29, 0.717) is 13.0 Å². The molecule has 4 aromatic rings. The lowest BCUT2D eigenvalue weighted by molar-refractivity contribution is 0.0735. The Balaban J connectivity index is 1.45. The standard InChI is InChI=1S/C27H29N7O3S/c1-3-18-15-38-24(30-18)21-10-7-11-34(21)25(36)17-12-19(22(28)35)31-20(13-17)23-32-33-26(37-23)27(2,29)14-16-8-5-4-6-9-16/h4-6,8-9,12-13,15,21H,3,7,10-11,14,29H2,1-2H3,(H2,28,35). The molecule has 2 amide bonds. The molecule has 2 unspecified atom stereocenters. The molecule has 11 heteroatoms. The topological polar surface area (TPSA) is 154 Å². The molecule has 1 saturated heterocycles. The Morgan fingerprint density at radius 3 is 2.68 bits per heavy atom. The highest BCUT2D eigenvalue weighted by Gasteiger charge is 2.34. The van der Waals surface area contributed by atoms with Crippen molar-refractivity contribution in [3.8, 4) is 11.6 Å². The van der Waals surface area contributed by atoms with Gasteiger partial charge in [-0.3, -0.25) is 9.59 Å². The van der Waals surface area contributed by atoms with E-state index in [1.807, 2.05) is 35.7 Å². The van der Waals surface area contributed by atoms with Gasteiger partial charge in [0, 0.05) is 17.5 Å². The largest absolute Gasteiger partial charge is 0.417 e. The third-order valence-corrected chi connectivity index (χ3v) is 7.60. The fourth-order valence-electron chi connectivity index (χ4n) is 4.61. The van der Waals surface area contributed by atoms with Gasteiger partial charge in [-0.2, -0.15) is 0 Å². The first-order chi connectivity index (χ1) is 18.2. The maximum absolute atomic E-state index is 13.7. The molecule has 4 N–H and O–H groups in total. The molecule has 0 bridgehead atoms. The summed E-state index contributed by atoms with van der Waals surface area (Å²) in [5.74, 6) is -0.740. The average molecular weight is 532 g/mol. The van der Waals surface area contributed by atoms with Crippen LogP contribution in [-0.4, -0.2) is 43.4 Å². The third-order valence-electron chi connectivity index (χ3n) is 6.60. The van der Waals surface area contributed by atoms with Crippen molar-refractivity contribution in [2.75, 3.05) is 6.54 Å². The molecule has 38 heavy (non-hydrogen) atoms.